The van der Waals surface area contributed by atoms with Gasteiger partial charge in [0.1, 0.15) is 0 Å². The van der Waals surface area contributed by atoms with Crippen LogP contribution in [-0.2, 0) is 4.79 Å². The van der Waals surface area contributed by atoms with E-state index in [4.69, 9.17) is 0 Å². The third-order valence-corrected chi connectivity index (χ3v) is 2.40. The van der Waals surface area contributed by atoms with Crippen LogP contribution in [0.3, 0.4) is 0 Å². The van der Waals surface area contributed by atoms with E-state index in [9.17, 15) is 4.79 Å². The van der Waals surface area contributed by atoms with Gasteiger partial charge in [0.05, 0.1) is 0 Å². The lowest BCUT2D eigenvalue weighted by Crippen LogP contribution is -2.32. The van der Waals surface area contributed by atoms with Gasteiger partial charge in [0.2, 0.25) is 5.91 Å². The van der Waals surface area contributed by atoms with Gasteiger partial charge in [-0.1, -0.05) is 18.2 Å². The molecule has 1 aliphatic heterocycles. The van der Waals surface area contributed by atoms with Crippen molar-refractivity contribution in [1.82, 2.24) is 5.32 Å². The molecule has 0 aromatic heterocycles. The number of benzene rings is 1. The molecular formula is C11H14N2O. The second kappa shape index (κ2) is 4.24. The molecule has 1 aliphatic rings. The van der Waals surface area contributed by atoms with Gasteiger partial charge in [0, 0.05) is 31.7 Å². The summed E-state index contributed by atoms with van der Waals surface area (Å²) in [5.41, 5.74) is 1.00. The first kappa shape index (κ1) is 9.21. The van der Waals surface area contributed by atoms with E-state index in [0.29, 0.717) is 6.42 Å². The molecule has 0 saturated carbocycles. The fourth-order valence-corrected chi connectivity index (χ4v) is 1.65. The van der Waals surface area contributed by atoms with Crippen LogP contribution in [0.1, 0.15) is 6.42 Å². The van der Waals surface area contributed by atoms with Gasteiger partial charge in [-0.2, -0.15) is 0 Å². The van der Waals surface area contributed by atoms with Crippen LogP contribution >= 0.6 is 0 Å². The molecule has 0 radical (unpaired) electrons. The smallest absolute Gasteiger partial charge is 0.228 e. The lowest BCUT2D eigenvalue weighted by Gasteiger charge is -2.19. The molecule has 0 unspecified atom stereocenters. The molecule has 1 amide bonds. The van der Waals surface area contributed by atoms with Crippen LogP contribution in [0.25, 0.3) is 0 Å². The van der Waals surface area contributed by atoms with Gasteiger partial charge in [-0.3, -0.25) is 4.79 Å². The van der Waals surface area contributed by atoms with Crippen molar-refractivity contribution >= 4 is 11.6 Å². The Labute approximate surface area is 83.7 Å². The number of carbonyl (C=O) groups is 1. The maximum Gasteiger partial charge on any atom is 0.228 e. The van der Waals surface area contributed by atoms with E-state index in [1.807, 2.05) is 35.2 Å². The van der Waals surface area contributed by atoms with Crippen molar-refractivity contribution in [2.75, 3.05) is 24.5 Å². The molecule has 0 atom stereocenters. The summed E-state index contributed by atoms with van der Waals surface area (Å²) in [6.07, 6.45) is 0.592. The summed E-state index contributed by atoms with van der Waals surface area (Å²) >= 11 is 0. The van der Waals surface area contributed by atoms with Crippen molar-refractivity contribution in [3.63, 3.8) is 0 Å². The van der Waals surface area contributed by atoms with Crippen LogP contribution in [-0.4, -0.2) is 25.5 Å². The molecule has 14 heavy (non-hydrogen) atoms. The SMILES string of the molecule is O=C1CCNCCN1c1ccccc1. The normalized spacial score (nSPS) is 18.0. The number of nitrogens with zero attached hydrogens (tertiary/aromatic N) is 1. The Hall–Kier alpha value is -1.35. The first-order valence-electron chi connectivity index (χ1n) is 4.94. The third kappa shape index (κ3) is 1.93. The molecule has 1 heterocycles. The average molecular weight is 190 g/mol. The zero-order chi connectivity index (χ0) is 9.80. The predicted octanol–water partition coefficient (Wildman–Crippen LogP) is 1.01. The number of hydrogen-bond acceptors (Lipinski definition) is 2. The van der Waals surface area contributed by atoms with Crippen molar-refractivity contribution < 1.29 is 4.79 Å². The Morgan fingerprint density at radius 3 is 2.71 bits per heavy atom. The fraction of sp³-hybridized carbons (Fsp3) is 0.364. The summed E-state index contributed by atoms with van der Waals surface area (Å²) in [4.78, 5) is 13.5. The van der Waals surface area contributed by atoms with Crippen molar-refractivity contribution in [2.45, 2.75) is 6.42 Å². The highest BCUT2D eigenvalue weighted by molar-refractivity contribution is 5.93. The quantitative estimate of drug-likeness (QED) is 0.717. The second-order valence-electron chi connectivity index (χ2n) is 3.38. The highest BCUT2D eigenvalue weighted by atomic mass is 16.2. The highest BCUT2D eigenvalue weighted by Crippen LogP contribution is 2.14. The summed E-state index contributed by atoms with van der Waals surface area (Å²) < 4.78 is 0. The number of para-hydroxylation sites is 1. The number of carbonyl (C=O) groups excluding carboxylic acids is 1. The van der Waals surface area contributed by atoms with Crippen LogP contribution in [0.15, 0.2) is 30.3 Å². The number of rotatable bonds is 1. The summed E-state index contributed by atoms with van der Waals surface area (Å²) in [6.45, 7) is 2.44. The monoisotopic (exact) mass is 190 g/mol. The van der Waals surface area contributed by atoms with Gasteiger partial charge in [-0.15, -0.1) is 0 Å². The minimum atomic E-state index is 0.209. The molecular weight excluding hydrogens is 176 g/mol. The lowest BCUT2D eigenvalue weighted by molar-refractivity contribution is -0.118. The predicted molar refractivity (Wildman–Crippen MR) is 56.3 cm³/mol. The van der Waals surface area contributed by atoms with E-state index < -0.39 is 0 Å². The number of anilines is 1. The number of nitrogens with one attached hydrogen (secondary N) is 1. The van der Waals surface area contributed by atoms with Crippen molar-refractivity contribution in [1.29, 1.82) is 0 Å². The van der Waals surface area contributed by atoms with E-state index >= 15 is 0 Å². The highest BCUT2D eigenvalue weighted by Gasteiger charge is 2.16. The summed E-state index contributed by atoms with van der Waals surface area (Å²) in [5.74, 6) is 0.209. The molecule has 74 valence electrons. The molecule has 0 spiro atoms. The molecule has 3 heteroatoms. The van der Waals surface area contributed by atoms with Crippen LogP contribution in [0.5, 0.6) is 0 Å². The number of amides is 1. The van der Waals surface area contributed by atoms with Gasteiger partial charge in [-0.25, -0.2) is 0 Å². The second-order valence-corrected chi connectivity index (χ2v) is 3.38. The molecule has 2 rings (SSSR count). The van der Waals surface area contributed by atoms with E-state index in [0.717, 1.165) is 25.3 Å². The van der Waals surface area contributed by atoms with Crippen LogP contribution in [0.2, 0.25) is 0 Å². The van der Waals surface area contributed by atoms with Crippen LogP contribution in [0.4, 0.5) is 5.69 Å². The maximum atomic E-state index is 11.7. The van der Waals surface area contributed by atoms with Crippen LogP contribution < -0.4 is 10.2 Å². The molecule has 1 N–H and O–H groups in total. The van der Waals surface area contributed by atoms with E-state index in [1.54, 1.807) is 0 Å². The maximum absolute atomic E-state index is 11.7. The first-order valence-corrected chi connectivity index (χ1v) is 4.94. The first-order chi connectivity index (χ1) is 6.88. The molecule has 3 nitrogen and oxygen atoms in total. The third-order valence-electron chi connectivity index (χ3n) is 2.40. The standard InChI is InChI=1S/C11H14N2O/c14-11-6-7-12-8-9-13(11)10-4-2-1-3-5-10/h1-5,12H,6-9H2. The molecule has 0 aliphatic carbocycles. The Bertz CT molecular complexity index is 310. The minimum Gasteiger partial charge on any atom is -0.314 e. The Balaban J connectivity index is 2.19. The van der Waals surface area contributed by atoms with Crippen molar-refractivity contribution in [3.8, 4) is 0 Å². The van der Waals surface area contributed by atoms with Crippen molar-refractivity contribution in [2.24, 2.45) is 0 Å². The van der Waals surface area contributed by atoms with E-state index in [2.05, 4.69) is 5.32 Å². The Kier molecular flexibility index (Phi) is 2.79. The van der Waals surface area contributed by atoms with Gasteiger partial charge < -0.3 is 10.2 Å². The van der Waals surface area contributed by atoms with E-state index in [-0.39, 0.29) is 5.91 Å². The summed E-state index contributed by atoms with van der Waals surface area (Å²) in [5, 5.41) is 3.21. The van der Waals surface area contributed by atoms with Crippen LogP contribution in [0, 0.1) is 0 Å². The summed E-state index contributed by atoms with van der Waals surface area (Å²) in [7, 11) is 0. The zero-order valence-electron chi connectivity index (χ0n) is 8.07. The summed E-state index contributed by atoms with van der Waals surface area (Å²) in [6, 6.07) is 9.83. The van der Waals surface area contributed by atoms with Crippen molar-refractivity contribution in [3.05, 3.63) is 30.3 Å². The molecule has 1 fully saturated rings. The Morgan fingerprint density at radius 2 is 1.93 bits per heavy atom. The average Bonchev–Trinajstić information content (AvgIpc) is 2.44. The fourth-order valence-electron chi connectivity index (χ4n) is 1.65. The topological polar surface area (TPSA) is 32.3 Å². The van der Waals surface area contributed by atoms with Gasteiger partial charge in [0.25, 0.3) is 0 Å². The lowest BCUT2D eigenvalue weighted by atomic mass is 10.2. The molecule has 1 aromatic rings. The largest absolute Gasteiger partial charge is 0.314 e. The molecule has 0 bridgehead atoms. The van der Waals surface area contributed by atoms with Gasteiger partial charge in [-0.05, 0) is 12.1 Å². The van der Waals surface area contributed by atoms with Gasteiger partial charge in [0.15, 0.2) is 0 Å². The molecule has 1 aromatic carbocycles. The number of hydrogen-bond donors (Lipinski definition) is 1. The Morgan fingerprint density at radius 1 is 1.14 bits per heavy atom. The molecule has 1 saturated heterocycles. The van der Waals surface area contributed by atoms with Gasteiger partial charge >= 0.3 is 0 Å². The van der Waals surface area contributed by atoms with E-state index in [1.165, 1.54) is 0 Å². The minimum absolute atomic E-state index is 0.209. The zero-order valence-corrected chi connectivity index (χ0v) is 8.07.